The van der Waals surface area contributed by atoms with Gasteiger partial charge in [-0.3, -0.25) is 10.2 Å². The lowest BCUT2D eigenvalue weighted by Crippen LogP contribution is -2.62. The highest BCUT2D eigenvalue weighted by atomic mass is 32.2. The molecule has 2 aliphatic heterocycles. The smallest absolute Gasteiger partial charge is 0.175 e. The minimum atomic E-state index is -3.18. The SMILES string of the molecule is CN1CC(c2ccc(S(C)(=O)=O)cc2)NC(OCC2CCCS2)C1N. The van der Waals surface area contributed by atoms with E-state index >= 15 is 0 Å². The zero-order chi connectivity index (χ0) is 18.0. The molecule has 4 atom stereocenters. The second-order valence-corrected chi connectivity index (χ2v) is 10.3. The van der Waals surface area contributed by atoms with E-state index in [4.69, 9.17) is 10.5 Å². The van der Waals surface area contributed by atoms with Crippen LogP contribution in [0.3, 0.4) is 0 Å². The largest absolute Gasteiger partial charge is 0.359 e. The maximum Gasteiger partial charge on any atom is 0.175 e. The lowest BCUT2D eigenvalue weighted by Gasteiger charge is -2.42. The second kappa shape index (κ2) is 7.94. The van der Waals surface area contributed by atoms with Crippen LogP contribution in [-0.2, 0) is 14.6 Å². The molecule has 25 heavy (non-hydrogen) atoms. The van der Waals surface area contributed by atoms with Gasteiger partial charge < -0.3 is 10.5 Å². The van der Waals surface area contributed by atoms with Crippen LogP contribution in [0.5, 0.6) is 0 Å². The highest BCUT2D eigenvalue weighted by Gasteiger charge is 2.33. The maximum absolute atomic E-state index is 11.6. The Labute approximate surface area is 154 Å². The van der Waals surface area contributed by atoms with Gasteiger partial charge in [0.15, 0.2) is 9.84 Å². The van der Waals surface area contributed by atoms with Crippen LogP contribution in [0.2, 0.25) is 0 Å². The van der Waals surface area contributed by atoms with Crippen molar-refractivity contribution in [1.82, 2.24) is 10.2 Å². The number of hydrogen-bond donors (Lipinski definition) is 2. The lowest BCUT2D eigenvalue weighted by atomic mass is 10.0. The van der Waals surface area contributed by atoms with Gasteiger partial charge in [0.05, 0.1) is 17.7 Å². The number of piperazine rings is 1. The van der Waals surface area contributed by atoms with Gasteiger partial charge in [0, 0.05) is 24.1 Å². The van der Waals surface area contributed by atoms with Crippen molar-refractivity contribution in [3.05, 3.63) is 29.8 Å². The van der Waals surface area contributed by atoms with Crippen LogP contribution in [0.4, 0.5) is 0 Å². The fraction of sp³-hybridized carbons (Fsp3) is 0.647. The normalized spacial score (nSPS) is 31.3. The summed E-state index contributed by atoms with van der Waals surface area (Å²) in [6.07, 6.45) is 3.26. The third-order valence-corrected chi connectivity index (χ3v) is 7.35. The van der Waals surface area contributed by atoms with Crippen molar-refractivity contribution in [1.29, 1.82) is 0 Å². The maximum atomic E-state index is 11.6. The highest BCUT2D eigenvalue weighted by Crippen LogP contribution is 2.28. The Morgan fingerprint density at radius 3 is 2.68 bits per heavy atom. The first-order valence-electron chi connectivity index (χ1n) is 8.59. The summed E-state index contributed by atoms with van der Waals surface area (Å²) in [6.45, 7) is 1.46. The zero-order valence-electron chi connectivity index (χ0n) is 14.7. The minimum absolute atomic E-state index is 0.0552. The topological polar surface area (TPSA) is 84.7 Å². The molecule has 0 radical (unpaired) electrons. The van der Waals surface area contributed by atoms with Crippen molar-refractivity contribution in [2.75, 3.05) is 32.2 Å². The molecule has 0 amide bonds. The summed E-state index contributed by atoms with van der Waals surface area (Å²) in [6, 6.07) is 7.10. The average molecular weight is 386 g/mol. The number of thioether (sulfide) groups is 1. The van der Waals surface area contributed by atoms with Gasteiger partial charge in [-0.1, -0.05) is 12.1 Å². The first-order chi connectivity index (χ1) is 11.8. The molecule has 0 aliphatic carbocycles. The van der Waals surface area contributed by atoms with Crippen LogP contribution in [-0.4, -0.2) is 63.2 Å². The molecule has 8 heteroatoms. The van der Waals surface area contributed by atoms with E-state index in [1.165, 1.54) is 24.9 Å². The number of rotatable bonds is 5. The molecule has 0 bridgehead atoms. The number of benzene rings is 1. The van der Waals surface area contributed by atoms with Crippen LogP contribution < -0.4 is 11.1 Å². The number of nitrogens with two attached hydrogens (primary N) is 1. The molecule has 2 aliphatic rings. The first kappa shape index (κ1) is 19.1. The van der Waals surface area contributed by atoms with Gasteiger partial charge in [-0.05, 0) is 43.3 Å². The van der Waals surface area contributed by atoms with Gasteiger partial charge in [-0.15, -0.1) is 0 Å². The van der Waals surface area contributed by atoms with Gasteiger partial charge >= 0.3 is 0 Å². The molecule has 2 fully saturated rings. The van der Waals surface area contributed by atoms with Crippen LogP contribution in [0, 0.1) is 0 Å². The molecular weight excluding hydrogens is 358 g/mol. The van der Waals surface area contributed by atoms with Crippen molar-refractivity contribution < 1.29 is 13.2 Å². The molecule has 2 saturated heterocycles. The van der Waals surface area contributed by atoms with E-state index in [0.717, 1.165) is 12.1 Å². The fourth-order valence-corrected chi connectivity index (χ4v) is 5.08. The lowest BCUT2D eigenvalue weighted by molar-refractivity contribution is -0.0605. The third kappa shape index (κ3) is 4.75. The fourth-order valence-electron chi connectivity index (χ4n) is 3.27. The minimum Gasteiger partial charge on any atom is -0.359 e. The van der Waals surface area contributed by atoms with Gasteiger partial charge in [0.1, 0.15) is 6.23 Å². The van der Waals surface area contributed by atoms with Gasteiger partial charge in [0.2, 0.25) is 0 Å². The van der Waals surface area contributed by atoms with Crippen LogP contribution >= 0.6 is 11.8 Å². The summed E-state index contributed by atoms with van der Waals surface area (Å²) in [7, 11) is -1.19. The monoisotopic (exact) mass is 385 g/mol. The number of likely N-dealkylation sites (N-methyl/N-ethyl adjacent to an activating group) is 1. The number of ether oxygens (including phenoxy) is 1. The van der Waals surface area contributed by atoms with E-state index in [1.54, 1.807) is 12.1 Å². The standard InChI is InChI=1S/C17H27N3O3S2/c1-20-10-15(12-5-7-14(8-6-12)25(2,21)22)19-17(16(20)18)23-11-13-4-3-9-24-13/h5-8,13,15-17,19H,3-4,9-11,18H2,1-2H3. The number of sulfone groups is 1. The Balaban J connectivity index is 1.66. The molecule has 4 unspecified atom stereocenters. The van der Waals surface area contributed by atoms with Gasteiger partial charge in [-0.2, -0.15) is 11.8 Å². The third-order valence-electron chi connectivity index (χ3n) is 4.85. The first-order valence-corrected chi connectivity index (χ1v) is 11.5. The van der Waals surface area contributed by atoms with Crippen molar-refractivity contribution in [2.45, 2.75) is 41.4 Å². The Morgan fingerprint density at radius 1 is 1.36 bits per heavy atom. The quantitative estimate of drug-likeness (QED) is 0.787. The number of hydrogen-bond acceptors (Lipinski definition) is 7. The van der Waals surface area contributed by atoms with E-state index < -0.39 is 9.84 Å². The van der Waals surface area contributed by atoms with E-state index in [-0.39, 0.29) is 18.4 Å². The Morgan fingerprint density at radius 2 is 2.08 bits per heavy atom. The molecular formula is C17H27N3O3S2. The summed E-state index contributed by atoms with van der Waals surface area (Å²) in [5.41, 5.74) is 7.32. The Kier molecular flexibility index (Phi) is 6.07. The summed E-state index contributed by atoms with van der Waals surface area (Å²) in [4.78, 5) is 2.42. The van der Waals surface area contributed by atoms with E-state index in [9.17, 15) is 8.42 Å². The summed E-state index contributed by atoms with van der Waals surface area (Å²) >= 11 is 1.97. The molecule has 0 aromatic heterocycles. The van der Waals surface area contributed by atoms with E-state index in [2.05, 4.69) is 10.2 Å². The van der Waals surface area contributed by atoms with Crippen LogP contribution in [0.25, 0.3) is 0 Å². The van der Waals surface area contributed by atoms with Gasteiger partial charge in [-0.25, -0.2) is 8.42 Å². The molecule has 0 saturated carbocycles. The van der Waals surface area contributed by atoms with Crippen LogP contribution in [0.1, 0.15) is 24.4 Å². The predicted octanol–water partition coefficient (Wildman–Crippen LogP) is 1.19. The van der Waals surface area contributed by atoms with E-state index in [0.29, 0.717) is 16.8 Å². The Hall–Kier alpha value is -0.640. The number of nitrogens with one attached hydrogen (secondary N) is 1. The summed E-state index contributed by atoms with van der Waals surface area (Å²) < 4.78 is 29.3. The number of nitrogens with zero attached hydrogens (tertiary/aromatic N) is 1. The highest BCUT2D eigenvalue weighted by molar-refractivity contribution is 8.00. The van der Waals surface area contributed by atoms with Crippen molar-refractivity contribution >= 4 is 21.6 Å². The molecule has 2 heterocycles. The molecule has 1 aromatic carbocycles. The molecule has 140 valence electrons. The molecule has 1 aromatic rings. The predicted molar refractivity (Wildman–Crippen MR) is 101 cm³/mol. The van der Waals surface area contributed by atoms with Crippen molar-refractivity contribution in [2.24, 2.45) is 5.73 Å². The second-order valence-electron chi connectivity index (χ2n) is 6.88. The van der Waals surface area contributed by atoms with E-state index in [1.807, 2.05) is 30.9 Å². The average Bonchev–Trinajstić information content (AvgIpc) is 3.09. The zero-order valence-corrected chi connectivity index (χ0v) is 16.4. The van der Waals surface area contributed by atoms with Crippen molar-refractivity contribution in [3.63, 3.8) is 0 Å². The van der Waals surface area contributed by atoms with Crippen LogP contribution in [0.15, 0.2) is 29.2 Å². The van der Waals surface area contributed by atoms with Crippen molar-refractivity contribution in [3.8, 4) is 0 Å². The Bertz CT molecular complexity index is 675. The summed E-state index contributed by atoms with van der Waals surface area (Å²) in [5, 5.41) is 4.05. The molecule has 3 N–H and O–H groups in total. The molecule has 0 spiro atoms. The van der Waals surface area contributed by atoms with Gasteiger partial charge in [0.25, 0.3) is 0 Å². The molecule has 3 rings (SSSR count). The molecule has 6 nitrogen and oxygen atoms in total. The summed E-state index contributed by atoms with van der Waals surface area (Å²) in [5.74, 6) is 1.22.